The number of alkyl halides is 3. The minimum Gasteiger partial charge on any atom is -0.110 e. The normalized spacial score (nSPS) is 14.5. The molecule has 0 aliphatic carbocycles. The van der Waals surface area contributed by atoms with Crippen LogP contribution >= 0.6 is 43.5 Å². The lowest BCUT2D eigenvalue weighted by Crippen LogP contribution is -1.83. The first-order valence-corrected chi connectivity index (χ1v) is 4.09. The smallest absolute Gasteiger partial charge is 0.0894 e. The highest BCUT2D eigenvalue weighted by molar-refractivity contribution is 9.10. The van der Waals surface area contributed by atoms with Crippen LogP contribution in [0.5, 0.6) is 0 Å². The molecule has 0 N–H and O–H groups in total. The second kappa shape index (κ2) is 4.41. The van der Waals surface area contributed by atoms with E-state index in [0.717, 1.165) is 11.8 Å². The number of halogens is 3. The predicted molar refractivity (Wildman–Crippen MR) is 37.0 cm³/mol. The zero-order valence-electron chi connectivity index (χ0n) is 3.13. The van der Waals surface area contributed by atoms with E-state index in [9.17, 15) is 0 Å². The molecule has 0 saturated heterocycles. The van der Waals surface area contributed by atoms with Gasteiger partial charge in [0.25, 0.3) is 0 Å². The summed E-state index contributed by atoms with van der Waals surface area (Å²) in [5.74, 6) is 0. The third-order valence-corrected chi connectivity index (χ3v) is 1.46. The monoisotopic (exact) mass is 234 g/mol. The fraction of sp³-hybridized carbons (Fsp3) is 1.00. The molecule has 0 amide bonds. The minimum atomic E-state index is 0.136. The summed E-state index contributed by atoms with van der Waals surface area (Å²) in [6.45, 7) is 0. The van der Waals surface area contributed by atoms with Gasteiger partial charge >= 0.3 is 0 Å². The largest absolute Gasteiger partial charge is 0.110 e. The molecule has 0 nitrogen and oxygen atoms in total. The predicted octanol–water partition coefficient (Wildman–Crippen LogP) is 2.73. The van der Waals surface area contributed by atoms with Crippen molar-refractivity contribution in [1.29, 1.82) is 0 Å². The SMILES string of the molecule is ClC(Br)CCBr. The molecule has 0 aliphatic rings. The van der Waals surface area contributed by atoms with Crippen LogP contribution < -0.4 is 0 Å². The van der Waals surface area contributed by atoms with E-state index in [4.69, 9.17) is 11.6 Å². The summed E-state index contributed by atoms with van der Waals surface area (Å²) in [5, 5.41) is 0.965. The van der Waals surface area contributed by atoms with E-state index in [1.807, 2.05) is 0 Å². The quantitative estimate of drug-likeness (QED) is 0.647. The van der Waals surface area contributed by atoms with Crippen LogP contribution in [0.2, 0.25) is 0 Å². The van der Waals surface area contributed by atoms with Crippen molar-refractivity contribution in [2.24, 2.45) is 0 Å². The van der Waals surface area contributed by atoms with Gasteiger partial charge in [-0.25, -0.2) is 0 Å². The first-order valence-electron chi connectivity index (χ1n) is 1.61. The van der Waals surface area contributed by atoms with Gasteiger partial charge in [0.05, 0.1) is 4.29 Å². The van der Waals surface area contributed by atoms with E-state index >= 15 is 0 Å². The molecule has 0 bridgehead atoms. The molecule has 0 radical (unpaired) electrons. The Morgan fingerprint density at radius 1 is 1.67 bits per heavy atom. The first kappa shape index (κ1) is 7.25. The van der Waals surface area contributed by atoms with Crippen molar-refractivity contribution in [2.75, 3.05) is 5.33 Å². The van der Waals surface area contributed by atoms with Gasteiger partial charge in [-0.05, 0) is 6.42 Å². The lowest BCUT2D eigenvalue weighted by Gasteiger charge is -1.90. The van der Waals surface area contributed by atoms with Crippen LogP contribution in [0, 0.1) is 0 Å². The average molecular weight is 236 g/mol. The molecule has 0 fully saturated rings. The maximum absolute atomic E-state index is 5.46. The summed E-state index contributed by atoms with van der Waals surface area (Å²) >= 11 is 11.9. The Labute approximate surface area is 59.5 Å². The van der Waals surface area contributed by atoms with Gasteiger partial charge in [-0.1, -0.05) is 31.9 Å². The molecule has 3 heteroatoms. The Morgan fingerprint density at radius 2 is 2.17 bits per heavy atom. The maximum Gasteiger partial charge on any atom is 0.0894 e. The van der Waals surface area contributed by atoms with E-state index in [0.29, 0.717) is 0 Å². The van der Waals surface area contributed by atoms with Gasteiger partial charge in [0.2, 0.25) is 0 Å². The summed E-state index contributed by atoms with van der Waals surface area (Å²) in [4.78, 5) is 0. The summed E-state index contributed by atoms with van der Waals surface area (Å²) < 4.78 is 0.136. The molecule has 0 aliphatic heterocycles. The van der Waals surface area contributed by atoms with Crippen molar-refractivity contribution in [3.63, 3.8) is 0 Å². The number of rotatable bonds is 2. The first-order chi connectivity index (χ1) is 2.77. The summed E-state index contributed by atoms with van der Waals surface area (Å²) in [6, 6.07) is 0. The molecule has 0 rings (SSSR count). The molecule has 0 spiro atoms. The van der Waals surface area contributed by atoms with Gasteiger partial charge in [0.15, 0.2) is 0 Å². The van der Waals surface area contributed by atoms with Crippen LogP contribution in [0.4, 0.5) is 0 Å². The van der Waals surface area contributed by atoms with Crippen molar-refractivity contribution in [1.82, 2.24) is 0 Å². The van der Waals surface area contributed by atoms with Gasteiger partial charge in [0.1, 0.15) is 0 Å². The Kier molecular flexibility index (Phi) is 5.33. The maximum atomic E-state index is 5.46. The van der Waals surface area contributed by atoms with E-state index < -0.39 is 0 Å². The van der Waals surface area contributed by atoms with E-state index in [2.05, 4.69) is 31.9 Å². The molecule has 1 atom stereocenters. The zero-order chi connectivity index (χ0) is 4.99. The molecule has 0 saturated carbocycles. The van der Waals surface area contributed by atoms with Crippen molar-refractivity contribution in [3.05, 3.63) is 0 Å². The van der Waals surface area contributed by atoms with Crippen LogP contribution in [0.25, 0.3) is 0 Å². The van der Waals surface area contributed by atoms with E-state index in [1.54, 1.807) is 0 Å². The summed E-state index contributed by atoms with van der Waals surface area (Å²) in [5.41, 5.74) is 0. The second-order valence-electron chi connectivity index (χ2n) is 0.869. The molecule has 0 aromatic heterocycles. The van der Waals surface area contributed by atoms with Crippen LogP contribution in [0.3, 0.4) is 0 Å². The molecule has 38 valence electrons. The highest BCUT2D eigenvalue weighted by Gasteiger charge is 1.91. The van der Waals surface area contributed by atoms with Crippen molar-refractivity contribution >= 4 is 43.5 Å². The fourth-order valence-corrected chi connectivity index (χ4v) is 1.76. The third kappa shape index (κ3) is 5.25. The molecule has 0 heterocycles. The van der Waals surface area contributed by atoms with Gasteiger partial charge in [0, 0.05) is 5.33 Å². The van der Waals surface area contributed by atoms with Crippen molar-refractivity contribution < 1.29 is 0 Å². The van der Waals surface area contributed by atoms with Crippen LogP contribution in [-0.2, 0) is 0 Å². The topological polar surface area (TPSA) is 0 Å². The van der Waals surface area contributed by atoms with Gasteiger partial charge < -0.3 is 0 Å². The lowest BCUT2D eigenvalue weighted by molar-refractivity contribution is 1.09. The Morgan fingerprint density at radius 3 is 2.17 bits per heavy atom. The van der Waals surface area contributed by atoms with Gasteiger partial charge in [-0.2, -0.15) is 0 Å². The molecule has 6 heavy (non-hydrogen) atoms. The number of hydrogen-bond acceptors (Lipinski definition) is 0. The van der Waals surface area contributed by atoms with E-state index in [-0.39, 0.29) is 4.29 Å². The minimum absolute atomic E-state index is 0.136. The summed E-state index contributed by atoms with van der Waals surface area (Å²) in [7, 11) is 0. The highest BCUT2D eigenvalue weighted by atomic mass is 79.9. The standard InChI is InChI=1S/C3H5Br2Cl/c4-2-1-3(5)6/h3H,1-2H2. The number of hydrogen-bond donors (Lipinski definition) is 0. The second-order valence-corrected chi connectivity index (χ2v) is 3.82. The Bertz CT molecular complexity index is 30.0. The van der Waals surface area contributed by atoms with Crippen LogP contribution in [-0.4, -0.2) is 9.62 Å². The van der Waals surface area contributed by atoms with E-state index in [1.165, 1.54) is 0 Å². The Hall–Kier alpha value is 1.25. The highest BCUT2D eigenvalue weighted by Crippen LogP contribution is 2.09. The average Bonchev–Trinajstić information content (AvgIpc) is 1.35. The molecule has 0 aromatic rings. The summed E-state index contributed by atoms with van der Waals surface area (Å²) in [6.07, 6.45) is 0.974. The van der Waals surface area contributed by atoms with Crippen LogP contribution in [0.1, 0.15) is 6.42 Å². The molecule has 0 aromatic carbocycles. The van der Waals surface area contributed by atoms with Crippen molar-refractivity contribution in [3.8, 4) is 0 Å². The van der Waals surface area contributed by atoms with Crippen molar-refractivity contribution in [2.45, 2.75) is 10.7 Å². The third-order valence-electron chi connectivity index (χ3n) is 0.327. The lowest BCUT2D eigenvalue weighted by atomic mass is 10.6. The zero-order valence-corrected chi connectivity index (χ0v) is 7.05. The molecular weight excluding hydrogens is 231 g/mol. The Balaban J connectivity index is 2.63. The molecular formula is C3H5Br2Cl. The van der Waals surface area contributed by atoms with Gasteiger partial charge in [-0.15, -0.1) is 11.6 Å². The molecule has 1 unspecified atom stereocenters. The van der Waals surface area contributed by atoms with Gasteiger partial charge in [-0.3, -0.25) is 0 Å². The fourth-order valence-electron chi connectivity index (χ4n) is 0.0825. The van der Waals surface area contributed by atoms with Crippen LogP contribution in [0.15, 0.2) is 0 Å².